The summed E-state index contributed by atoms with van der Waals surface area (Å²) in [6, 6.07) is 11.5. The summed E-state index contributed by atoms with van der Waals surface area (Å²) in [4.78, 5) is 24.7. The number of hydrazone groups is 1. The van der Waals surface area contributed by atoms with E-state index in [4.69, 9.17) is 0 Å². The minimum absolute atomic E-state index is 0.0415. The smallest absolute Gasteiger partial charge is 0.271 e. The average molecular weight is 392 g/mol. The number of carbonyl (C=O) groups excluding carboxylic acids is 1. The Balaban J connectivity index is 1.74. The molecule has 1 heterocycles. The first-order valence-corrected chi connectivity index (χ1v) is 9.42. The molecule has 1 amide bonds. The average Bonchev–Trinajstić information content (AvgIpc) is 2.68. The highest BCUT2D eigenvalue weighted by atomic mass is 16.6. The van der Waals surface area contributed by atoms with E-state index >= 15 is 0 Å². The van der Waals surface area contributed by atoms with Crippen molar-refractivity contribution < 1.29 is 9.72 Å². The largest absolute Gasteiger partial charge is 0.363 e. The number of nitro benzene ring substituents is 1. The van der Waals surface area contributed by atoms with E-state index in [1.54, 1.807) is 6.21 Å². The van der Waals surface area contributed by atoms with Crippen molar-refractivity contribution in [3.8, 4) is 0 Å². The Morgan fingerprint density at radius 2 is 1.93 bits per heavy atom. The normalized spacial score (nSPS) is 15.0. The van der Waals surface area contributed by atoms with Crippen LogP contribution in [-0.2, 0) is 0 Å². The molecule has 0 radical (unpaired) electrons. The maximum atomic E-state index is 12.1. The molecule has 0 aromatic heterocycles. The van der Waals surface area contributed by atoms with Crippen LogP contribution in [0, 0.1) is 10.1 Å². The number of hydrogen-bond donors (Lipinski definition) is 1. The third kappa shape index (κ3) is 4.18. The molecular formula is C22H24N4O3. The predicted molar refractivity (Wildman–Crippen MR) is 115 cm³/mol. The molecule has 0 saturated carbocycles. The van der Waals surface area contributed by atoms with Crippen molar-refractivity contribution in [2.24, 2.45) is 5.10 Å². The number of hydrogen-bond acceptors (Lipinski definition) is 5. The van der Waals surface area contributed by atoms with Gasteiger partial charge in [-0.25, -0.2) is 5.43 Å². The van der Waals surface area contributed by atoms with Crippen molar-refractivity contribution in [3.05, 3.63) is 75.3 Å². The van der Waals surface area contributed by atoms with Crippen LogP contribution in [0.4, 0.5) is 11.4 Å². The maximum absolute atomic E-state index is 12.1. The number of carbonyl (C=O) groups is 1. The molecule has 0 fully saturated rings. The molecule has 1 N–H and O–H groups in total. The Morgan fingerprint density at radius 3 is 2.55 bits per heavy atom. The zero-order chi connectivity index (χ0) is 21.2. The van der Waals surface area contributed by atoms with Gasteiger partial charge < -0.3 is 4.90 Å². The number of rotatable bonds is 5. The molecule has 7 heteroatoms. The Labute approximate surface area is 169 Å². The van der Waals surface area contributed by atoms with Gasteiger partial charge >= 0.3 is 0 Å². The van der Waals surface area contributed by atoms with Gasteiger partial charge in [0.25, 0.3) is 11.6 Å². The van der Waals surface area contributed by atoms with E-state index in [1.807, 2.05) is 6.07 Å². The highest BCUT2D eigenvalue weighted by Gasteiger charge is 2.29. The highest BCUT2D eigenvalue weighted by molar-refractivity contribution is 5.95. The summed E-state index contributed by atoms with van der Waals surface area (Å²) >= 11 is 0. The van der Waals surface area contributed by atoms with E-state index in [0.29, 0.717) is 5.56 Å². The second-order valence-corrected chi connectivity index (χ2v) is 7.50. The van der Waals surface area contributed by atoms with Gasteiger partial charge in [0.15, 0.2) is 0 Å². The molecule has 0 unspecified atom stereocenters. The molecule has 7 nitrogen and oxygen atoms in total. The Hall–Kier alpha value is -3.48. The first kappa shape index (κ1) is 20.3. The maximum Gasteiger partial charge on any atom is 0.271 e. The molecular weight excluding hydrogens is 368 g/mol. The topological polar surface area (TPSA) is 87.8 Å². The van der Waals surface area contributed by atoms with E-state index in [9.17, 15) is 14.9 Å². The lowest BCUT2D eigenvalue weighted by Crippen LogP contribution is -2.44. The number of nitrogens with zero attached hydrogens (tertiary/aromatic N) is 3. The minimum atomic E-state index is -0.507. The summed E-state index contributed by atoms with van der Waals surface area (Å²) in [7, 11) is 0. The number of nitro groups is 1. The zero-order valence-electron chi connectivity index (χ0n) is 17.0. The number of non-ortho nitro benzene ring substituents is 1. The van der Waals surface area contributed by atoms with Crippen molar-refractivity contribution in [1.29, 1.82) is 0 Å². The van der Waals surface area contributed by atoms with E-state index in [2.05, 4.69) is 61.3 Å². The summed E-state index contributed by atoms with van der Waals surface area (Å²) in [6.45, 7) is 9.55. The summed E-state index contributed by atoms with van der Waals surface area (Å²) in [5.74, 6) is -0.427. The number of benzene rings is 2. The van der Waals surface area contributed by atoms with Crippen LogP contribution in [0.1, 0.15) is 49.2 Å². The number of allylic oxidation sites excluding steroid dienone is 1. The van der Waals surface area contributed by atoms with Gasteiger partial charge in [-0.1, -0.05) is 12.1 Å². The van der Waals surface area contributed by atoms with Gasteiger partial charge in [0.1, 0.15) is 0 Å². The van der Waals surface area contributed by atoms with Gasteiger partial charge in [-0.05, 0) is 63.1 Å². The molecule has 2 aromatic rings. The summed E-state index contributed by atoms with van der Waals surface area (Å²) < 4.78 is 0. The summed E-state index contributed by atoms with van der Waals surface area (Å²) in [6.07, 6.45) is 3.85. The third-order valence-electron chi connectivity index (χ3n) is 5.04. The van der Waals surface area contributed by atoms with Gasteiger partial charge in [0.2, 0.25) is 0 Å². The van der Waals surface area contributed by atoms with Crippen molar-refractivity contribution in [2.45, 2.75) is 33.2 Å². The Morgan fingerprint density at radius 1 is 1.24 bits per heavy atom. The SMILES string of the molecule is CCN1c2ccc(/C=N\NC(=O)c3ccc([N+](=O)[O-])cc3)cc2C(C)=CC1(C)C. The molecule has 150 valence electrons. The summed E-state index contributed by atoms with van der Waals surface area (Å²) in [5.41, 5.74) is 7.07. The molecule has 1 aliphatic rings. The highest BCUT2D eigenvalue weighted by Crippen LogP contribution is 2.38. The number of anilines is 1. The van der Waals surface area contributed by atoms with Crippen LogP contribution in [0.5, 0.6) is 0 Å². The lowest BCUT2D eigenvalue weighted by Gasteiger charge is -2.42. The first-order chi connectivity index (χ1) is 13.7. The monoisotopic (exact) mass is 392 g/mol. The third-order valence-corrected chi connectivity index (χ3v) is 5.04. The molecule has 3 rings (SSSR count). The first-order valence-electron chi connectivity index (χ1n) is 9.42. The second-order valence-electron chi connectivity index (χ2n) is 7.50. The summed E-state index contributed by atoms with van der Waals surface area (Å²) in [5, 5.41) is 14.7. The molecule has 0 aliphatic carbocycles. The minimum Gasteiger partial charge on any atom is -0.363 e. The van der Waals surface area contributed by atoms with Gasteiger partial charge in [-0.3, -0.25) is 14.9 Å². The van der Waals surface area contributed by atoms with Gasteiger partial charge in [0, 0.05) is 35.5 Å². The van der Waals surface area contributed by atoms with Gasteiger partial charge in [-0.15, -0.1) is 0 Å². The lowest BCUT2D eigenvalue weighted by molar-refractivity contribution is -0.384. The fourth-order valence-corrected chi connectivity index (χ4v) is 3.72. The van der Waals surface area contributed by atoms with Crippen LogP contribution >= 0.6 is 0 Å². The zero-order valence-corrected chi connectivity index (χ0v) is 17.0. The Bertz CT molecular complexity index is 1010. The lowest BCUT2D eigenvalue weighted by atomic mass is 9.88. The molecule has 1 aliphatic heterocycles. The molecule has 29 heavy (non-hydrogen) atoms. The van der Waals surface area contributed by atoms with Crippen molar-refractivity contribution in [2.75, 3.05) is 11.4 Å². The van der Waals surface area contributed by atoms with E-state index in [0.717, 1.165) is 17.7 Å². The molecule has 0 atom stereocenters. The fraction of sp³-hybridized carbons (Fsp3) is 0.273. The standard InChI is InChI=1S/C22H24N4O3/c1-5-25-20-11-6-16(12-19(20)15(2)13-22(25,3)4)14-23-24-21(27)17-7-9-18(10-8-17)26(28)29/h6-14H,5H2,1-4H3,(H,24,27)/b23-14-. The molecule has 0 saturated heterocycles. The number of fused-ring (bicyclic) bond motifs is 1. The quantitative estimate of drug-likeness (QED) is 0.465. The molecule has 0 bridgehead atoms. The predicted octanol–water partition coefficient (Wildman–Crippen LogP) is 4.38. The van der Waals surface area contributed by atoms with Crippen LogP contribution < -0.4 is 10.3 Å². The number of amides is 1. The van der Waals surface area contributed by atoms with Crippen molar-refractivity contribution in [3.63, 3.8) is 0 Å². The number of nitrogens with one attached hydrogen (secondary N) is 1. The fourth-order valence-electron chi connectivity index (χ4n) is 3.72. The van der Waals surface area contributed by atoms with E-state index in [1.165, 1.54) is 35.5 Å². The number of likely N-dealkylation sites (N-methyl/N-ethyl adjacent to an activating group) is 1. The van der Waals surface area contributed by atoms with Gasteiger partial charge in [-0.2, -0.15) is 5.10 Å². The van der Waals surface area contributed by atoms with Crippen LogP contribution in [0.3, 0.4) is 0 Å². The van der Waals surface area contributed by atoms with Crippen LogP contribution in [0.2, 0.25) is 0 Å². The second kappa shape index (κ2) is 7.87. The van der Waals surface area contributed by atoms with Gasteiger partial charge in [0.05, 0.1) is 16.7 Å². The van der Waals surface area contributed by atoms with E-state index < -0.39 is 10.8 Å². The van der Waals surface area contributed by atoms with E-state index in [-0.39, 0.29) is 11.2 Å². The molecule has 2 aromatic carbocycles. The van der Waals surface area contributed by atoms with Crippen LogP contribution in [0.15, 0.2) is 53.6 Å². The Kier molecular flexibility index (Phi) is 5.50. The van der Waals surface area contributed by atoms with Crippen molar-refractivity contribution in [1.82, 2.24) is 5.43 Å². The van der Waals surface area contributed by atoms with Crippen LogP contribution in [0.25, 0.3) is 5.57 Å². The van der Waals surface area contributed by atoms with Crippen LogP contribution in [-0.4, -0.2) is 29.1 Å². The van der Waals surface area contributed by atoms with Crippen molar-refractivity contribution >= 4 is 29.1 Å². The molecule has 0 spiro atoms.